The first kappa shape index (κ1) is 12.0. The van der Waals surface area contributed by atoms with Crippen molar-refractivity contribution in [1.82, 2.24) is 19.5 Å². The summed E-state index contributed by atoms with van der Waals surface area (Å²) in [6.07, 6.45) is 6.19. The molecule has 1 fully saturated rings. The molecule has 0 radical (unpaired) electrons. The Bertz CT molecular complexity index is 625. The number of hydrogen-bond acceptors (Lipinski definition) is 5. The van der Waals surface area contributed by atoms with E-state index in [4.69, 9.17) is 10.5 Å². The maximum atomic E-state index is 12.0. The van der Waals surface area contributed by atoms with Gasteiger partial charge in [0.05, 0.1) is 12.8 Å². The van der Waals surface area contributed by atoms with Crippen LogP contribution in [-0.4, -0.2) is 32.0 Å². The Balaban J connectivity index is 2.23. The van der Waals surface area contributed by atoms with Gasteiger partial charge in [-0.2, -0.15) is 0 Å². The molecule has 0 saturated carbocycles. The van der Waals surface area contributed by atoms with E-state index in [0.29, 0.717) is 17.8 Å². The highest BCUT2D eigenvalue weighted by molar-refractivity contribution is 5.84. The van der Waals surface area contributed by atoms with Crippen molar-refractivity contribution in [3.05, 3.63) is 18.9 Å². The van der Waals surface area contributed by atoms with Crippen LogP contribution in [0.25, 0.3) is 11.2 Å². The topological polar surface area (TPSA) is 95.9 Å². The molecule has 2 atom stereocenters. The smallest absolute Gasteiger partial charge is 0.271 e. The van der Waals surface area contributed by atoms with E-state index >= 15 is 0 Å². The number of nitrogens with zero attached hydrogens (tertiary/aromatic N) is 4. The van der Waals surface area contributed by atoms with Crippen molar-refractivity contribution >= 4 is 17.1 Å². The predicted octanol–water partition coefficient (Wildman–Crippen LogP) is 0.411. The van der Waals surface area contributed by atoms with Gasteiger partial charge in [-0.05, 0) is 12.8 Å². The van der Waals surface area contributed by atoms with Crippen molar-refractivity contribution in [1.29, 1.82) is 0 Å². The second-order valence-electron chi connectivity index (χ2n) is 4.65. The van der Waals surface area contributed by atoms with Gasteiger partial charge in [0, 0.05) is 5.92 Å². The first-order valence-electron chi connectivity index (χ1n) is 6.27. The second kappa shape index (κ2) is 4.27. The first-order chi connectivity index (χ1) is 9.20. The third kappa shape index (κ3) is 1.54. The van der Waals surface area contributed by atoms with Gasteiger partial charge in [-0.1, -0.05) is 6.92 Å². The molecule has 19 heavy (non-hydrogen) atoms. The summed E-state index contributed by atoms with van der Waals surface area (Å²) in [5, 5.41) is 0. The highest BCUT2D eigenvalue weighted by Gasteiger charge is 2.51. The number of hydrogen-bond donors (Lipinski definition) is 1. The van der Waals surface area contributed by atoms with Gasteiger partial charge in [0.2, 0.25) is 5.72 Å². The van der Waals surface area contributed by atoms with Crippen LogP contribution in [-0.2, 0) is 15.3 Å². The Morgan fingerprint density at radius 3 is 3.21 bits per heavy atom. The van der Waals surface area contributed by atoms with Gasteiger partial charge >= 0.3 is 0 Å². The van der Waals surface area contributed by atoms with E-state index in [1.54, 1.807) is 17.1 Å². The molecule has 1 saturated heterocycles. The first-order valence-corrected chi connectivity index (χ1v) is 6.27. The summed E-state index contributed by atoms with van der Waals surface area (Å²) in [4.78, 5) is 24.3. The van der Waals surface area contributed by atoms with Gasteiger partial charge in [0.25, 0.3) is 5.91 Å². The molecule has 1 aliphatic rings. The van der Waals surface area contributed by atoms with E-state index in [9.17, 15) is 4.79 Å². The molecule has 2 aromatic rings. The van der Waals surface area contributed by atoms with Crippen LogP contribution in [0.3, 0.4) is 0 Å². The fourth-order valence-electron chi connectivity index (χ4n) is 2.83. The molecule has 7 nitrogen and oxygen atoms in total. The molecule has 0 aromatic carbocycles. The van der Waals surface area contributed by atoms with E-state index in [0.717, 1.165) is 12.8 Å². The van der Waals surface area contributed by atoms with Gasteiger partial charge in [-0.25, -0.2) is 15.0 Å². The SMILES string of the molecule is CCC1CCOC1(C(N)=O)n1cnc2ncncc21. The average Bonchev–Trinajstić information content (AvgIpc) is 3.02. The third-order valence-corrected chi connectivity index (χ3v) is 3.77. The molecular formula is C12H15N5O2. The van der Waals surface area contributed by atoms with Gasteiger partial charge in [0.15, 0.2) is 5.65 Å². The predicted molar refractivity (Wildman–Crippen MR) is 66.8 cm³/mol. The van der Waals surface area contributed by atoms with Crippen LogP contribution in [0.2, 0.25) is 0 Å². The molecule has 1 aliphatic heterocycles. The van der Waals surface area contributed by atoms with Gasteiger partial charge < -0.3 is 10.5 Å². The third-order valence-electron chi connectivity index (χ3n) is 3.77. The van der Waals surface area contributed by atoms with Crippen molar-refractivity contribution in [3.63, 3.8) is 0 Å². The van der Waals surface area contributed by atoms with E-state index in [1.807, 2.05) is 6.92 Å². The fourth-order valence-corrected chi connectivity index (χ4v) is 2.83. The average molecular weight is 261 g/mol. The number of ether oxygens (including phenoxy) is 1. The number of imidazole rings is 1. The van der Waals surface area contributed by atoms with Crippen molar-refractivity contribution in [2.75, 3.05) is 6.61 Å². The van der Waals surface area contributed by atoms with Crippen LogP contribution in [0.5, 0.6) is 0 Å². The molecule has 2 aromatic heterocycles. The molecule has 1 amide bonds. The minimum Gasteiger partial charge on any atom is -0.365 e. The zero-order chi connectivity index (χ0) is 13.5. The lowest BCUT2D eigenvalue weighted by molar-refractivity contribution is -0.156. The number of primary amides is 1. The number of carbonyl (C=O) groups excluding carboxylic acids is 1. The Kier molecular flexibility index (Phi) is 2.70. The van der Waals surface area contributed by atoms with Gasteiger partial charge in [0.1, 0.15) is 18.2 Å². The quantitative estimate of drug-likeness (QED) is 0.863. The number of carbonyl (C=O) groups is 1. The summed E-state index contributed by atoms with van der Waals surface area (Å²) in [6, 6.07) is 0. The summed E-state index contributed by atoms with van der Waals surface area (Å²) >= 11 is 0. The summed E-state index contributed by atoms with van der Waals surface area (Å²) in [6.45, 7) is 2.53. The molecule has 100 valence electrons. The standard InChI is InChI=1S/C12H15N5O2/c1-2-8-3-4-19-12(8,11(13)18)17-7-16-10-9(17)5-14-6-15-10/h5-8H,2-4H2,1H3,(H2,13,18). The molecule has 0 aliphatic carbocycles. The van der Waals surface area contributed by atoms with Gasteiger partial charge in [-0.15, -0.1) is 0 Å². The Morgan fingerprint density at radius 1 is 1.63 bits per heavy atom. The lowest BCUT2D eigenvalue weighted by Gasteiger charge is -2.32. The zero-order valence-electron chi connectivity index (χ0n) is 10.6. The minimum atomic E-state index is -1.17. The molecule has 3 rings (SSSR count). The monoisotopic (exact) mass is 261 g/mol. The van der Waals surface area contributed by atoms with Crippen molar-refractivity contribution in [2.45, 2.75) is 25.5 Å². The van der Waals surface area contributed by atoms with Crippen molar-refractivity contribution in [3.8, 4) is 0 Å². The number of fused-ring (bicyclic) bond motifs is 1. The second-order valence-corrected chi connectivity index (χ2v) is 4.65. The van der Waals surface area contributed by atoms with E-state index < -0.39 is 11.6 Å². The molecule has 7 heteroatoms. The number of rotatable bonds is 3. The van der Waals surface area contributed by atoms with E-state index in [-0.39, 0.29) is 5.92 Å². The molecule has 2 N–H and O–H groups in total. The van der Waals surface area contributed by atoms with Crippen LogP contribution >= 0.6 is 0 Å². The molecule has 0 spiro atoms. The number of aromatic nitrogens is 4. The lowest BCUT2D eigenvalue weighted by atomic mass is 9.91. The summed E-state index contributed by atoms with van der Waals surface area (Å²) in [5.41, 5.74) is 5.64. The van der Waals surface area contributed by atoms with Crippen LogP contribution in [0.4, 0.5) is 0 Å². The summed E-state index contributed by atoms with van der Waals surface area (Å²) in [7, 11) is 0. The van der Waals surface area contributed by atoms with Crippen molar-refractivity contribution in [2.24, 2.45) is 11.7 Å². The fraction of sp³-hybridized carbons (Fsp3) is 0.500. The highest BCUT2D eigenvalue weighted by Crippen LogP contribution is 2.40. The number of amides is 1. The minimum absolute atomic E-state index is 0.0302. The van der Waals surface area contributed by atoms with Crippen LogP contribution in [0.15, 0.2) is 18.9 Å². The number of nitrogens with two attached hydrogens (primary N) is 1. The Hall–Kier alpha value is -2.02. The van der Waals surface area contributed by atoms with E-state index in [2.05, 4.69) is 15.0 Å². The normalized spacial score (nSPS) is 26.9. The van der Waals surface area contributed by atoms with Crippen LogP contribution < -0.4 is 5.73 Å². The molecule has 2 unspecified atom stereocenters. The largest absolute Gasteiger partial charge is 0.365 e. The Morgan fingerprint density at radius 2 is 2.47 bits per heavy atom. The van der Waals surface area contributed by atoms with Gasteiger partial charge in [-0.3, -0.25) is 9.36 Å². The van der Waals surface area contributed by atoms with Crippen LogP contribution in [0.1, 0.15) is 19.8 Å². The summed E-state index contributed by atoms with van der Waals surface area (Å²) < 4.78 is 7.42. The van der Waals surface area contributed by atoms with E-state index in [1.165, 1.54) is 6.33 Å². The molecule has 0 bridgehead atoms. The van der Waals surface area contributed by atoms with Crippen LogP contribution in [0, 0.1) is 5.92 Å². The maximum Gasteiger partial charge on any atom is 0.271 e. The summed E-state index contributed by atoms with van der Waals surface area (Å²) in [5.74, 6) is -0.470. The highest BCUT2D eigenvalue weighted by atomic mass is 16.5. The zero-order valence-corrected chi connectivity index (χ0v) is 10.6. The lowest BCUT2D eigenvalue weighted by Crippen LogP contribution is -2.50. The van der Waals surface area contributed by atoms with Crippen molar-refractivity contribution < 1.29 is 9.53 Å². The maximum absolute atomic E-state index is 12.0. The Labute approximate surface area is 109 Å². The molecular weight excluding hydrogens is 246 g/mol. The molecule has 3 heterocycles.